The molecule has 0 aliphatic heterocycles. The number of hydrogen-bond donors (Lipinski definition) is 2. The average Bonchev–Trinajstić information content (AvgIpc) is 2.62. The predicted molar refractivity (Wildman–Crippen MR) is 111 cm³/mol. The van der Waals surface area contributed by atoms with Gasteiger partial charge in [-0.3, -0.25) is 0 Å². The Kier molecular flexibility index (Phi) is 6.86. The van der Waals surface area contributed by atoms with Gasteiger partial charge in [0, 0.05) is 22.6 Å². The molecule has 2 aromatic carbocycles. The van der Waals surface area contributed by atoms with E-state index in [1.54, 1.807) is 12.1 Å². The number of nitrogens with zero attached hydrogens (tertiary/aromatic N) is 1. The van der Waals surface area contributed by atoms with Crippen LogP contribution in [-0.4, -0.2) is 28.6 Å². The van der Waals surface area contributed by atoms with Gasteiger partial charge in [0.2, 0.25) is 0 Å². The summed E-state index contributed by atoms with van der Waals surface area (Å²) in [6, 6.07) is 8.10. The number of halogens is 3. The molecule has 1 aliphatic rings. The van der Waals surface area contributed by atoms with E-state index in [2.05, 4.69) is 20.7 Å². The number of ether oxygens (including phenoxy) is 2. The van der Waals surface area contributed by atoms with Gasteiger partial charge in [0.1, 0.15) is 28.6 Å². The third kappa shape index (κ3) is 4.62. The van der Waals surface area contributed by atoms with Crippen LogP contribution in [0.2, 0.25) is 10.0 Å². The zero-order valence-electron chi connectivity index (χ0n) is 14.5. The molecule has 0 bridgehead atoms. The highest BCUT2D eigenvalue weighted by atomic mass is 79.9. The summed E-state index contributed by atoms with van der Waals surface area (Å²) >= 11 is 15.7. The molecule has 1 atom stereocenters. The van der Waals surface area contributed by atoms with Gasteiger partial charge in [-0.15, -0.1) is 0 Å². The van der Waals surface area contributed by atoms with Crippen LogP contribution in [0.25, 0.3) is 0 Å². The van der Waals surface area contributed by atoms with E-state index in [-0.39, 0.29) is 45.0 Å². The zero-order chi connectivity index (χ0) is 20.4. The van der Waals surface area contributed by atoms with E-state index in [0.717, 1.165) is 0 Å². The number of aliphatic hydroxyl groups excluding tert-OH is 1. The van der Waals surface area contributed by atoms with E-state index >= 15 is 0 Å². The van der Waals surface area contributed by atoms with Crippen LogP contribution in [0.3, 0.4) is 0 Å². The number of aliphatic hydroxyl groups is 1. The standard InChI is InChI=1S/C18H15BrCl2N2O4S/c1-26-16-2-9(8-22)15(27-18-13(20)3-10(19)4-14(18)21)7-17(16)28(25)23-11-5-12(24)6-11/h2-4,7,11-12,23-24H,5-6H2,1H3. The summed E-state index contributed by atoms with van der Waals surface area (Å²) in [5.41, 5.74) is 0.173. The molecule has 0 spiro atoms. The third-order valence-corrected chi connectivity index (χ3v) is 6.43. The van der Waals surface area contributed by atoms with Crippen molar-refractivity contribution in [3.63, 3.8) is 0 Å². The van der Waals surface area contributed by atoms with Gasteiger partial charge < -0.3 is 14.6 Å². The van der Waals surface area contributed by atoms with Crippen molar-refractivity contribution in [1.29, 1.82) is 5.26 Å². The van der Waals surface area contributed by atoms with Crippen molar-refractivity contribution in [3.8, 4) is 23.3 Å². The van der Waals surface area contributed by atoms with Gasteiger partial charge in [0.25, 0.3) is 0 Å². The van der Waals surface area contributed by atoms with Crippen LogP contribution in [0.4, 0.5) is 0 Å². The second kappa shape index (κ2) is 8.99. The van der Waals surface area contributed by atoms with Gasteiger partial charge in [-0.05, 0) is 25.0 Å². The lowest BCUT2D eigenvalue weighted by Crippen LogP contribution is -2.44. The topological polar surface area (TPSA) is 91.6 Å². The number of methoxy groups -OCH3 is 1. The normalized spacial score (nSPS) is 19.4. The first-order chi connectivity index (χ1) is 13.3. The Morgan fingerprint density at radius 3 is 2.43 bits per heavy atom. The highest BCUT2D eigenvalue weighted by Crippen LogP contribution is 2.41. The van der Waals surface area contributed by atoms with Gasteiger partial charge in [-0.25, -0.2) is 8.93 Å². The molecule has 1 unspecified atom stereocenters. The summed E-state index contributed by atoms with van der Waals surface area (Å²) in [4.78, 5) is 0.308. The molecule has 148 valence electrons. The Labute approximate surface area is 183 Å². The molecule has 2 N–H and O–H groups in total. The highest BCUT2D eigenvalue weighted by Gasteiger charge is 2.29. The first-order valence-electron chi connectivity index (χ1n) is 8.13. The van der Waals surface area contributed by atoms with Crippen molar-refractivity contribution >= 4 is 50.1 Å². The van der Waals surface area contributed by atoms with Crippen molar-refractivity contribution in [2.75, 3.05) is 7.11 Å². The second-order valence-corrected chi connectivity index (χ2v) is 9.06. The van der Waals surface area contributed by atoms with E-state index in [9.17, 15) is 14.6 Å². The molecule has 0 aromatic heterocycles. The predicted octanol–water partition coefficient (Wildman–Crippen LogP) is 4.56. The molecule has 1 aliphatic carbocycles. The Hall–Kier alpha value is -1.34. The van der Waals surface area contributed by atoms with E-state index < -0.39 is 11.0 Å². The number of nitriles is 1. The number of benzene rings is 2. The highest BCUT2D eigenvalue weighted by molar-refractivity contribution is 9.10. The molecule has 0 radical (unpaired) electrons. The molecule has 1 saturated carbocycles. The maximum Gasteiger partial charge on any atom is 0.164 e. The molecule has 3 rings (SSSR count). The summed E-state index contributed by atoms with van der Waals surface area (Å²) < 4.78 is 27.5. The van der Waals surface area contributed by atoms with Crippen molar-refractivity contribution < 1.29 is 18.8 Å². The van der Waals surface area contributed by atoms with E-state index in [0.29, 0.717) is 22.2 Å². The van der Waals surface area contributed by atoms with Gasteiger partial charge in [-0.2, -0.15) is 5.26 Å². The van der Waals surface area contributed by atoms with Crippen LogP contribution >= 0.6 is 39.1 Å². The van der Waals surface area contributed by atoms with Crippen LogP contribution in [0.1, 0.15) is 18.4 Å². The Morgan fingerprint density at radius 2 is 1.89 bits per heavy atom. The minimum Gasteiger partial charge on any atom is -0.495 e. The molecule has 6 nitrogen and oxygen atoms in total. The van der Waals surface area contributed by atoms with Crippen molar-refractivity contribution in [2.45, 2.75) is 29.9 Å². The largest absolute Gasteiger partial charge is 0.495 e. The van der Waals surface area contributed by atoms with Crippen LogP contribution in [0.5, 0.6) is 17.2 Å². The maximum absolute atomic E-state index is 12.8. The monoisotopic (exact) mass is 504 g/mol. The lowest BCUT2D eigenvalue weighted by molar-refractivity contribution is 0.0717. The molecular formula is C18H15BrCl2N2O4S. The van der Waals surface area contributed by atoms with Crippen LogP contribution < -0.4 is 14.2 Å². The minimum atomic E-state index is -1.63. The fraction of sp³-hybridized carbons (Fsp3) is 0.278. The first kappa shape index (κ1) is 21.4. The van der Waals surface area contributed by atoms with Crippen LogP contribution in [0.15, 0.2) is 33.6 Å². The summed E-state index contributed by atoms with van der Waals surface area (Å²) in [5, 5.41) is 19.4. The molecule has 2 aromatic rings. The maximum atomic E-state index is 12.8. The summed E-state index contributed by atoms with van der Waals surface area (Å²) in [7, 11) is -0.207. The van der Waals surface area contributed by atoms with E-state index in [1.165, 1.54) is 19.2 Å². The van der Waals surface area contributed by atoms with Gasteiger partial charge in [0.15, 0.2) is 5.75 Å². The minimum absolute atomic E-state index is 0.0593. The Bertz CT molecular complexity index is 954. The summed E-state index contributed by atoms with van der Waals surface area (Å²) in [6.45, 7) is 0. The molecule has 28 heavy (non-hydrogen) atoms. The van der Waals surface area contributed by atoms with Crippen molar-refractivity contribution in [1.82, 2.24) is 4.72 Å². The van der Waals surface area contributed by atoms with Gasteiger partial charge in [0.05, 0.1) is 33.7 Å². The SMILES string of the molecule is COc1cc(C#N)c(Oc2c(Cl)cc(Br)cc2Cl)cc1S(=O)NC1CC(O)C1. The first-order valence-corrected chi connectivity index (χ1v) is 10.8. The summed E-state index contributed by atoms with van der Waals surface area (Å²) in [6.07, 6.45) is 0.674. The number of hydrogen-bond acceptors (Lipinski definition) is 5. The Balaban J connectivity index is 1.97. The Morgan fingerprint density at radius 1 is 1.25 bits per heavy atom. The zero-order valence-corrected chi connectivity index (χ0v) is 18.5. The third-order valence-electron chi connectivity index (χ3n) is 4.15. The van der Waals surface area contributed by atoms with Crippen molar-refractivity contribution in [3.05, 3.63) is 44.3 Å². The van der Waals surface area contributed by atoms with Gasteiger partial charge in [-0.1, -0.05) is 39.1 Å². The summed E-state index contributed by atoms with van der Waals surface area (Å²) in [5.74, 6) is 0.607. The van der Waals surface area contributed by atoms with E-state index in [4.69, 9.17) is 32.7 Å². The smallest absolute Gasteiger partial charge is 0.164 e. The molecule has 1 fully saturated rings. The second-order valence-electron chi connectivity index (χ2n) is 6.12. The number of rotatable bonds is 6. The quantitative estimate of drug-likeness (QED) is 0.600. The van der Waals surface area contributed by atoms with Crippen LogP contribution in [0, 0.1) is 11.3 Å². The molecule has 0 saturated heterocycles. The number of nitrogens with one attached hydrogen (secondary N) is 1. The van der Waals surface area contributed by atoms with Gasteiger partial charge >= 0.3 is 0 Å². The van der Waals surface area contributed by atoms with E-state index in [1.807, 2.05) is 6.07 Å². The average molecular weight is 506 g/mol. The fourth-order valence-corrected chi connectivity index (χ4v) is 5.10. The fourth-order valence-electron chi connectivity index (χ4n) is 2.65. The molecule has 0 amide bonds. The van der Waals surface area contributed by atoms with Crippen molar-refractivity contribution in [2.24, 2.45) is 0 Å². The molecule has 0 heterocycles. The van der Waals surface area contributed by atoms with Crippen LogP contribution in [-0.2, 0) is 11.0 Å². The molecule has 10 heteroatoms. The molecular weight excluding hydrogens is 491 g/mol. The lowest BCUT2D eigenvalue weighted by atomic mass is 9.91. The lowest BCUT2D eigenvalue weighted by Gasteiger charge is -2.31.